The van der Waals surface area contributed by atoms with Crippen LogP contribution in [0.4, 0.5) is 22.0 Å². The summed E-state index contributed by atoms with van der Waals surface area (Å²) in [5.74, 6) is -2.25. The maximum Gasteiger partial charge on any atom is 0.389 e. The van der Waals surface area contributed by atoms with E-state index in [1.54, 1.807) is 0 Å². The van der Waals surface area contributed by atoms with E-state index in [0.29, 0.717) is 0 Å². The fourth-order valence-electron chi connectivity index (χ4n) is 1.45. The maximum atomic E-state index is 13.2. The van der Waals surface area contributed by atoms with Crippen molar-refractivity contribution in [3.8, 4) is 0 Å². The molecule has 1 N–H and O–H groups in total. The molecule has 0 amide bonds. The smallest absolute Gasteiger partial charge is 0.342 e. The van der Waals surface area contributed by atoms with Crippen molar-refractivity contribution in [1.82, 2.24) is 9.97 Å². The molecule has 92 valence electrons. The van der Waals surface area contributed by atoms with E-state index in [1.807, 2.05) is 0 Å². The molecule has 0 saturated carbocycles. The van der Waals surface area contributed by atoms with Crippen LogP contribution in [0.5, 0.6) is 0 Å². The monoisotopic (exact) mass is 250 g/mol. The zero-order chi connectivity index (χ0) is 12.6. The molecule has 1 heterocycles. The molecule has 2 nitrogen and oxygen atoms in total. The Kier molecular flexibility index (Phi) is 2.76. The largest absolute Gasteiger partial charge is 0.389 e. The van der Waals surface area contributed by atoms with Crippen molar-refractivity contribution in [2.24, 2.45) is 0 Å². The van der Waals surface area contributed by atoms with Crippen molar-refractivity contribution >= 4 is 11.0 Å². The van der Waals surface area contributed by atoms with Gasteiger partial charge in [0.05, 0.1) is 11.9 Å². The third kappa shape index (κ3) is 2.54. The van der Waals surface area contributed by atoms with Gasteiger partial charge in [0, 0.05) is 6.42 Å². The summed E-state index contributed by atoms with van der Waals surface area (Å²) in [6.45, 7) is 0. The van der Waals surface area contributed by atoms with Gasteiger partial charge in [-0.2, -0.15) is 13.2 Å². The highest BCUT2D eigenvalue weighted by Gasteiger charge is 2.27. The first-order chi connectivity index (χ1) is 7.87. The molecule has 0 unspecified atom stereocenters. The van der Waals surface area contributed by atoms with E-state index >= 15 is 0 Å². The summed E-state index contributed by atoms with van der Waals surface area (Å²) in [5.41, 5.74) is -0.0942. The molecule has 0 saturated heterocycles. The van der Waals surface area contributed by atoms with Gasteiger partial charge in [0.1, 0.15) is 11.3 Å². The second kappa shape index (κ2) is 3.97. The van der Waals surface area contributed by atoms with Crippen LogP contribution in [0.2, 0.25) is 0 Å². The van der Waals surface area contributed by atoms with Crippen LogP contribution in [0.3, 0.4) is 0 Å². The minimum absolute atomic E-state index is 0.0122. The second-order valence-corrected chi connectivity index (χ2v) is 3.56. The lowest BCUT2D eigenvalue weighted by molar-refractivity contribution is -0.134. The van der Waals surface area contributed by atoms with E-state index in [-0.39, 0.29) is 23.3 Å². The summed E-state index contributed by atoms with van der Waals surface area (Å²) < 4.78 is 61.9. The molecule has 0 bridgehead atoms. The number of benzene rings is 1. The molecule has 0 aliphatic carbocycles. The molecule has 0 fully saturated rings. The van der Waals surface area contributed by atoms with E-state index in [4.69, 9.17) is 0 Å². The van der Waals surface area contributed by atoms with Gasteiger partial charge in [-0.15, -0.1) is 0 Å². The molecule has 1 aromatic carbocycles. The molecule has 0 aliphatic rings. The second-order valence-electron chi connectivity index (χ2n) is 3.56. The van der Waals surface area contributed by atoms with Crippen molar-refractivity contribution < 1.29 is 22.0 Å². The Hall–Kier alpha value is -1.66. The van der Waals surface area contributed by atoms with Crippen LogP contribution in [0, 0.1) is 11.6 Å². The summed E-state index contributed by atoms with van der Waals surface area (Å²) in [6.07, 6.45) is -5.75. The molecule has 2 aromatic rings. The Morgan fingerprint density at radius 2 is 1.88 bits per heavy atom. The van der Waals surface area contributed by atoms with E-state index in [2.05, 4.69) is 9.97 Å². The Morgan fingerprint density at radius 3 is 2.53 bits per heavy atom. The average Bonchev–Trinajstić information content (AvgIpc) is 2.64. The van der Waals surface area contributed by atoms with Gasteiger partial charge in [0.15, 0.2) is 11.6 Å². The van der Waals surface area contributed by atoms with Crippen LogP contribution in [0.25, 0.3) is 11.0 Å². The normalized spacial score (nSPS) is 12.3. The summed E-state index contributed by atoms with van der Waals surface area (Å²) in [6, 6.07) is 2.13. The number of aromatic nitrogens is 2. The number of aromatic amines is 1. The summed E-state index contributed by atoms with van der Waals surface area (Å²) in [4.78, 5) is 6.12. The Labute approximate surface area is 92.5 Å². The third-order valence-corrected chi connectivity index (χ3v) is 2.24. The van der Waals surface area contributed by atoms with Gasteiger partial charge in [0.2, 0.25) is 0 Å². The molecule has 0 atom stereocenters. The first-order valence-corrected chi connectivity index (χ1v) is 4.76. The van der Waals surface area contributed by atoms with Crippen LogP contribution in [0.15, 0.2) is 12.1 Å². The van der Waals surface area contributed by atoms with E-state index in [0.717, 1.165) is 6.07 Å². The highest BCUT2D eigenvalue weighted by molar-refractivity contribution is 5.75. The van der Waals surface area contributed by atoms with Gasteiger partial charge < -0.3 is 4.98 Å². The number of halogens is 5. The molecule has 7 heteroatoms. The lowest BCUT2D eigenvalue weighted by Gasteiger charge is -2.02. The molecule has 0 radical (unpaired) electrons. The molecule has 0 aliphatic heterocycles. The van der Waals surface area contributed by atoms with Crippen LogP contribution in [-0.4, -0.2) is 16.1 Å². The summed E-state index contributed by atoms with van der Waals surface area (Å²) in [5, 5.41) is 0. The van der Waals surface area contributed by atoms with Gasteiger partial charge >= 0.3 is 6.18 Å². The number of rotatable bonds is 2. The Morgan fingerprint density at radius 1 is 1.18 bits per heavy atom. The molecular formula is C10H7F5N2. The van der Waals surface area contributed by atoms with Crippen molar-refractivity contribution in [2.45, 2.75) is 19.0 Å². The van der Waals surface area contributed by atoms with Crippen molar-refractivity contribution in [2.75, 3.05) is 0 Å². The summed E-state index contributed by atoms with van der Waals surface area (Å²) in [7, 11) is 0. The number of hydrogen-bond acceptors (Lipinski definition) is 1. The molecule has 17 heavy (non-hydrogen) atoms. The topological polar surface area (TPSA) is 28.7 Å². The van der Waals surface area contributed by atoms with Crippen LogP contribution in [0.1, 0.15) is 12.2 Å². The summed E-state index contributed by atoms with van der Waals surface area (Å²) >= 11 is 0. The number of nitrogens with one attached hydrogen (secondary N) is 1. The minimum atomic E-state index is -4.30. The SMILES string of the molecule is Fc1ccc2[nH]c(CCC(F)(F)F)nc2c1F. The molecule has 0 spiro atoms. The van der Waals surface area contributed by atoms with Crippen molar-refractivity contribution in [3.05, 3.63) is 29.6 Å². The fourth-order valence-corrected chi connectivity index (χ4v) is 1.45. The lowest BCUT2D eigenvalue weighted by Crippen LogP contribution is -2.09. The lowest BCUT2D eigenvalue weighted by atomic mass is 10.3. The quantitative estimate of drug-likeness (QED) is 0.813. The van der Waals surface area contributed by atoms with Gasteiger partial charge in [-0.3, -0.25) is 0 Å². The van der Waals surface area contributed by atoms with Crippen molar-refractivity contribution in [1.29, 1.82) is 0 Å². The fraction of sp³-hybridized carbons (Fsp3) is 0.300. The van der Waals surface area contributed by atoms with Crippen LogP contribution >= 0.6 is 0 Å². The minimum Gasteiger partial charge on any atom is -0.342 e. The highest BCUT2D eigenvalue weighted by atomic mass is 19.4. The highest BCUT2D eigenvalue weighted by Crippen LogP contribution is 2.23. The van der Waals surface area contributed by atoms with E-state index in [9.17, 15) is 22.0 Å². The van der Waals surface area contributed by atoms with E-state index in [1.165, 1.54) is 6.07 Å². The van der Waals surface area contributed by atoms with Gasteiger partial charge in [0.25, 0.3) is 0 Å². The van der Waals surface area contributed by atoms with Gasteiger partial charge in [-0.1, -0.05) is 0 Å². The van der Waals surface area contributed by atoms with Crippen molar-refractivity contribution in [3.63, 3.8) is 0 Å². The number of fused-ring (bicyclic) bond motifs is 1. The molecule has 2 rings (SSSR count). The number of imidazole rings is 1. The average molecular weight is 250 g/mol. The Balaban J connectivity index is 2.29. The number of alkyl halides is 3. The standard InChI is InChI=1S/C10H7F5N2/c11-5-1-2-6-9(8(5)12)17-7(16-6)3-4-10(13,14)15/h1-2H,3-4H2,(H,16,17). The molecule has 1 aromatic heterocycles. The first-order valence-electron chi connectivity index (χ1n) is 4.76. The van der Waals surface area contributed by atoms with E-state index < -0.39 is 24.2 Å². The maximum absolute atomic E-state index is 13.2. The zero-order valence-electron chi connectivity index (χ0n) is 8.41. The number of aryl methyl sites for hydroxylation is 1. The first kappa shape index (κ1) is 11.8. The number of nitrogens with zero attached hydrogens (tertiary/aromatic N) is 1. The Bertz CT molecular complexity index is 543. The number of H-pyrrole nitrogens is 1. The zero-order valence-corrected chi connectivity index (χ0v) is 8.41. The van der Waals surface area contributed by atoms with Gasteiger partial charge in [-0.25, -0.2) is 13.8 Å². The van der Waals surface area contributed by atoms with Crippen LogP contribution in [-0.2, 0) is 6.42 Å². The van der Waals surface area contributed by atoms with Crippen LogP contribution < -0.4 is 0 Å². The predicted octanol–water partition coefficient (Wildman–Crippen LogP) is 3.34. The molecular weight excluding hydrogens is 243 g/mol. The van der Waals surface area contributed by atoms with Gasteiger partial charge in [-0.05, 0) is 12.1 Å². The predicted molar refractivity (Wildman–Crippen MR) is 50.4 cm³/mol. The third-order valence-electron chi connectivity index (χ3n) is 2.24. The number of hydrogen-bond donors (Lipinski definition) is 1.